The van der Waals surface area contributed by atoms with Crippen molar-refractivity contribution in [2.24, 2.45) is 5.73 Å². The number of halogens is 3. The molecule has 7 heteroatoms. The summed E-state index contributed by atoms with van der Waals surface area (Å²) >= 11 is 23.3. The van der Waals surface area contributed by atoms with Crippen LogP contribution in [0.5, 0.6) is 11.5 Å². The lowest BCUT2D eigenvalue weighted by Crippen LogP contribution is -2.12. The summed E-state index contributed by atoms with van der Waals surface area (Å²) in [5, 5.41) is 1.21. The average molecular weight is 377 g/mol. The van der Waals surface area contributed by atoms with Crippen molar-refractivity contribution < 1.29 is 9.47 Å². The number of rotatable bonds is 5. The van der Waals surface area contributed by atoms with Crippen molar-refractivity contribution in [2.45, 2.75) is 6.61 Å². The van der Waals surface area contributed by atoms with Crippen LogP contribution in [-0.2, 0) is 6.61 Å². The van der Waals surface area contributed by atoms with E-state index in [1.165, 1.54) is 7.11 Å². The minimum absolute atomic E-state index is 0.105. The van der Waals surface area contributed by atoms with Crippen LogP contribution >= 0.6 is 47.0 Å². The Bertz CT molecular complexity index is 722. The maximum Gasteiger partial charge on any atom is 0.171 e. The number of hydrogen-bond donors (Lipinski definition) is 1. The molecule has 0 atom stereocenters. The summed E-state index contributed by atoms with van der Waals surface area (Å²) < 4.78 is 11.1. The Morgan fingerprint density at radius 1 is 1.14 bits per heavy atom. The highest BCUT2D eigenvalue weighted by Crippen LogP contribution is 2.35. The predicted molar refractivity (Wildman–Crippen MR) is 94.7 cm³/mol. The van der Waals surface area contributed by atoms with Crippen LogP contribution in [0, 0.1) is 0 Å². The van der Waals surface area contributed by atoms with Crippen molar-refractivity contribution in [3.05, 3.63) is 56.5 Å². The molecular weight excluding hydrogens is 365 g/mol. The Kier molecular flexibility index (Phi) is 5.75. The van der Waals surface area contributed by atoms with Gasteiger partial charge in [-0.1, -0.05) is 53.1 Å². The van der Waals surface area contributed by atoms with E-state index in [1.807, 2.05) is 0 Å². The second-order valence-electron chi connectivity index (χ2n) is 4.31. The molecule has 0 unspecified atom stereocenters. The van der Waals surface area contributed by atoms with Gasteiger partial charge in [-0.2, -0.15) is 0 Å². The Balaban J connectivity index is 2.37. The Morgan fingerprint density at radius 3 is 2.45 bits per heavy atom. The van der Waals surface area contributed by atoms with Crippen LogP contribution in [0.1, 0.15) is 11.1 Å². The van der Waals surface area contributed by atoms with Gasteiger partial charge in [-0.25, -0.2) is 0 Å². The van der Waals surface area contributed by atoms with Crippen LogP contribution in [0.25, 0.3) is 0 Å². The standard InChI is InChI=1S/C15H12Cl3NO2S/c1-20-12-4-2-3-8(15(19)22)14(12)21-7-9-10(16)5-6-11(17)13(9)18/h2-6H,7H2,1H3,(H2,19,22). The SMILES string of the molecule is COc1cccc(C(N)=S)c1OCc1c(Cl)ccc(Cl)c1Cl. The molecule has 0 saturated carbocycles. The molecule has 0 bridgehead atoms. The third kappa shape index (κ3) is 3.58. The first kappa shape index (κ1) is 17.2. The lowest BCUT2D eigenvalue weighted by molar-refractivity contribution is 0.284. The zero-order chi connectivity index (χ0) is 16.3. The Morgan fingerprint density at radius 2 is 1.82 bits per heavy atom. The molecule has 2 N–H and O–H groups in total. The fourth-order valence-electron chi connectivity index (χ4n) is 1.87. The van der Waals surface area contributed by atoms with Gasteiger partial charge in [-0.3, -0.25) is 0 Å². The van der Waals surface area contributed by atoms with Gasteiger partial charge >= 0.3 is 0 Å². The summed E-state index contributed by atoms with van der Waals surface area (Å²) in [4.78, 5) is 0.206. The largest absolute Gasteiger partial charge is 0.493 e. The zero-order valence-electron chi connectivity index (χ0n) is 11.5. The summed E-state index contributed by atoms with van der Waals surface area (Å²) in [5.41, 5.74) is 6.87. The van der Waals surface area contributed by atoms with Crippen molar-refractivity contribution in [1.82, 2.24) is 0 Å². The second kappa shape index (κ2) is 7.38. The number of nitrogens with two attached hydrogens (primary N) is 1. The van der Waals surface area contributed by atoms with E-state index in [4.69, 9.17) is 62.2 Å². The quantitative estimate of drug-likeness (QED) is 0.597. The van der Waals surface area contributed by atoms with Crippen molar-refractivity contribution in [3.8, 4) is 11.5 Å². The van der Waals surface area contributed by atoms with Crippen LogP contribution in [0.3, 0.4) is 0 Å². The third-order valence-electron chi connectivity index (χ3n) is 2.96. The highest BCUT2D eigenvalue weighted by molar-refractivity contribution is 7.80. The van der Waals surface area contributed by atoms with Gasteiger partial charge in [0.15, 0.2) is 11.5 Å². The van der Waals surface area contributed by atoms with Crippen molar-refractivity contribution in [2.75, 3.05) is 7.11 Å². The van der Waals surface area contributed by atoms with Crippen LogP contribution in [0.15, 0.2) is 30.3 Å². The first-order valence-electron chi connectivity index (χ1n) is 6.17. The molecule has 0 amide bonds. The van der Waals surface area contributed by atoms with E-state index in [1.54, 1.807) is 30.3 Å². The van der Waals surface area contributed by atoms with Crippen molar-refractivity contribution >= 4 is 52.0 Å². The number of benzene rings is 2. The molecule has 2 aromatic carbocycles. The molecule has 22 heavy (non-hydrogen) atoms. The van der Waals surface area contributed by atoms with Gasteiger partial charge in [0.25, 0.3) is 0 Å². The van der Waals surface area contributed by atoms with Crippen LogP contribution < -0.4 is 15.2 Å². The number of hydrogen-bond acceptors (Lipinski definition) is 3. The molecule has 0 heterocycles. The number of ether oxygens (including phenoxy) is 2. The van der Waals surface area contributed by atoms with E-state index in [-0.39, 0.29) is 11.6 Å². The summed E-state index contributed by atoms with van der Waals surface area (Å²) in [6, 6.07) is 8.56. The van der Waals surface area contributed by atoms with E-state index < -0.39 is 0 Å². The van der Waals surface area contributed by atoms with Gasteiger partial charge in [-0.15, -0.1) is 0 Å². The summed E-state index contributed by atoms with van der Waals surface area (Å²) in [6.07, 6.45) is 0. The highest BCUT2D eigenvalue weighted by Gasteiger charge is 2.15. The maximum absolute atomic E-state index is 6.16. The molecule has 0 spiro atoms. The molecule has 3 nitrogen and oxygen atoms in total. The summed E-state index contributed by atoms with van der Waals surface area (Å²) in [7, 11) is 1.53. The van der Waals surface area contributed by atoms with Gasteiger partial charge in [0, 0.05) is 10.6 Å². The smallest absolute Gasteiger partial charge is 0.171 e. The molecule has 2 aromatic rings. The number of methoxy groups -OCH3 is 1. The van der Waals surface area contributed by atoms with Gasteiger partial charge in [0.05, 0.1) is 22.7 Å². The molecular formula is C15H12Cl3NO2S. The van der Waals surface area contributed by atoms with Gasteiger partial charge in [0.1, 0.15) is 11.6 Å². The van der Waals surface area contributed by atoms with Crippen LogP contribution in [0.2, 0.25) is 15.1 Å². The van der Waals surface area contributed by atoms with Crippen molar-refractivity contribution in [1.29, 1.82) is 0 Å². The van der Waals surface area contributed by atoms with Crippen LogP contribution in [0.4, 0.5) is 0 Å². The van der Waals surface area contributed by atoms with Gasteiger partial charge in [-0.05, 0) is 24.3 Å². The molecule has 0 aromatic heterocycles. The zero-order valence-corrected chi connectivity index (χ0v) is 14.6. The Hall–Kier alpha value is -1.20. The van der Waals surface area contributed by atoms with Gasteiger partial charge in [0.2, 0.25) is 0 Å². The molecule has 0 aliphatic carbocycles. The topological polar surface area (TPSA) is 44.5 Å². The molecule has 0 fully saturated rings. The van der Waals surface area contributed by atoms with E-state index in [0.29, 0.717) is 37.7 Å². The minimum Gasteiger partial charge on any atom is -0.493 e. The lowest BCUT2D eigenvalue weighted by atomic mass is 10.2. The fourth-order valence-corrected chi connectivity index (χ4v) is 2.68. The summed E-state index contributed by atoms with van der Waals surface area (Å²) in [6.45, 7) is 0.105. The minimum atomic E-state index is 0.105. The van der Waals surface area contributed by atoms with E-state index >= 15 is 0 Å². The molecule has 0 aliphatic heterocycles. The first-order chi connectivity index (χ1) is 10.5. The normalized spacial score (nSPS) is 10.4. The first-order valence-corrected chi connectivity index (χ1v) is 7.72. The number of para-hydroxylation sites is 1. The molecule has 116 valence electrons. The third-order valence-corrected chi connectivity index (χ3v) is 4.38. The van der Waals surface area contributed by atoms with Gasteiger partial charge < -0.3 is 15.2 Å². The maximum atomic E-state index is 6.16. The molecule has 0 saturated heterocycles. The number of thiocarbonyl (C=S) groups is 1. The molecule has 0 radical (unpaired) electrons. The predicted octanol–water partition coefficient (Wildman–Crippen LogP) is 4.87. The van der Waals surface area contributed by atoms with E-state index in [0.717, 1.165) is 0 Å². The monoisotopic (exact) mass is 375 g/mol. The van der Waals surface area contributed by atoms with E-state index in [9.17, 15) is 0 Å². The lowest BCUT2D eigenvalue weighted by Gasteiger charge is -2.16. The van der Waals surface area contributed by atoms with Crippen molar-refractivity contribution in [3.63, 3.8) is 0 Å². The highest BCUT2D eigenvalue weighted by atomic mass is 35.5. The molecule has 0 aliphatic rings. The summed E-state index contributed by atoms with van der Waals surface area (Å²) in [5.74, 6) is 0.948. The average Bonchev–Trinajstić information content (AvgIpc) is 2.50. The molecule has 2 rings (SSSR count). The second-order valence-corrected chi connectivity index (χ2v) is 5.94. The fraction of sp³-hybridized carbons (Fsp3) is 0.133. The van der Waals surface area contributed by atoms with E-state index in [2.05, 4.69) is 0 Å². The van der Waals surface area contributed by atoms with Crippen LogP contribution in [-0.4, -0.2) is 12.1 Å². The Labute approximate surface area is 148 Å².